The molecule has 1 rings (SSSR count). The number of rotatable bonds is 8. The van der Waals surface area contributed by atoms with Gasteiger partial charge in [0.2, 0.25) is 0 Å². The lowest BCUT2D eigenvalue weighted by atomic mass is 9.83. The van der Waals surface area contributed by atoms with Gasteiger partial charge >= 0.3 is 0 Å². The Kier molecular flexibility index (Phi) is 6.22. The second-order valence-electron chi connectivity index (χ2n) is 4.86. The Morgan fingerprint density at radius 3 is 2.60 bits per heavy atom. The summed E-state index contributed by atoms with van der Waals surface area (Å²) >= 11 is 0. The van der Waals surface area contributed by atoms with Crippen LogP contribution in [0.1, 0.15) is 39.5 Å². The summed E-state index contributed by atoms with van der Waals surface area (Å²) in [6, 6.07) is 0.490. The molecule has 0 amide bonds. The molecule has 15 heavy (non-hydrogen) atoms. The maximum Gasteiger partial charge on any atom is 0.0642 e. The summed E-state index contributed by atoms with van der Waals surface area (Å²) in [5.41, 5.74) is 0. The second-order valence-corrected chi connectivity index (χ2v) is 4.86. The lowest BCUT2D eigenvalue weighted by Gasteiger charge is -2.25. The van der Waals surface area contributed by atoms with E-state index >= 15 is 0 Å². The molecule has 0 aromatic carbocycles. The zero-order chi connectivity index (χ0) is 11.1. The van der Waals surface area contributed by atoms with E-state index < -0.39 is 0 Å². The van der Waals surface area contributed by atoms with Crippen molar-refractivity contribution in [2.75, 3.05) is 19.8 Å². The molecule has 1 aliphatic rings. The first-order valence-corrected chi connectivity index (χ1v) is 6.17. The number of nitrogens with one attached hydrogen (secondary N) is 1. The normalized spacial score (nSPS) is 19.2. The lowest BCUT2D eigenvalue weighted by Crippen LogP contribution is -2.41. The molecule has 1 saturated carbocycles. The molecule has 1 atom stereocenters. The van der Waals surface area contributed by atoms with Crippen molar-refractivity contribution >= 4 is 0 Å². The van der Waals surface area contributed by atoms with Gasteiger partial charge in [0.25, 0.3) is 0 Å². The maximum atomic E-state index is 9.10. The lowest BCUT2D eigenvalue weighted by molar-refractivity contribution is 0.0700. The Morgan fingerprint density at radius 1 is 1.40 bits per heavy atom. The average molecular weight is 215 g/mol. The van der Waals surface area contributed by atoms with Crippen molar-refractivity contribution in [3.63, 3.8) is 0 Å². The molecule has 90 valence electrons. The number of aliphatic hydroxyl groups is 1. The third-order valence-corrected chi connectivity index (χ3v) is 3.00. The molecule has 0 radical (unpaired) electrons. The minimum atomic E-state index is 0.0893. The first-order valence-electron chi connectivity index (χ1n) is 6.17. The Labute approximate surface area is 93.2 Å². The van der Waals surface area contributed by atoms with Gasteiger partial charge < -0.3 is 15.2 Å². The van der Waals surface area contributed by atoms with Crippen molar-refractivity contribution in [3.05, 3.63) is 0 Å². The Bertz CT molecular complexity index is 158. The van der Waals surface area contributed by atoms with Crippen LogP contribution in [-0.2, 0) is 4.74 Å². The molecule has 0 bridgehead atoms. The van der Waals surface area contributed by atoms with E-state index in [9.17, 15) is 0 Å². The van der Waals surface area contributed by atoms with Gasteiger partial charge in [-0.25, -0.2) is 0 Å². The molecule has 3 nitrogen and oxygen atoms in total. The number of aliphatic hydroxyl groups excluding tert-OH is 1. The largest absolute Gasteiger partial charge is 0.395 e. The van der Waals surface area contributed by atoms with Crippen LogP contribution in [0.5, 0.6) is 0 Å². The predicted molar refractivity (Wildman–Crippen MR) is 61.9 cm³/mol. The molecule has 0 saturated heterocycles. The third kappa shape index (κ3) is 5.50. The van der Waals surface area contributed by atoms with Gasteiger partial charge in [-0.3, -0.25) is 0 Å². The molecule has 0 spiro atoms. The van der Waals surface area contributed by atoms with Gasteiger partial charge in [0.1, 0.15) is 0 Å². The highest BCUT2D eigenvalue weighted by Gasteiger charge is 2.17. The first-order chi connectivity index (χ1) is 7.22. The van der Waals surface area contributed by atoms with E-state index in [-0.39, 0.29) is 12.6 Å². The summed E-state index contributed by atoms with van der Waals surface area (Å²) in [6.45, 7) is 5.79. The molecule has 2 N–H and O–H groups in total. The number of hydrogen-bond donors (Lipinski definition) is 2. The van der Waals surface area contributed by atoms with E-state index in [1.807, 2.05) is 0 Å². The second kappa shape index (κ2) is 7.20. The van der Waals surface area contributed by atoms with Gasteiger partial charge in [-0.05, 0) is 12.3 Å². The van der Waals surface area contributed by atoms with Gasteiger partial charge in [-0.15, -0.1) is 0 Å². The molecule has 1 aliphatic carbocycles. The summed E-state index contributed by atoms with van der Waals surface area (Å²) in [6.07, 6.45) is 5.37. The van der Waals surface area contributed by atoms with Crippen molar-refractivity contribution in [2.24, 2.45) is 5.92 Å². The molecule has 1 fully saturated rings. The highest BCUT2D eigenvalue weighted by atomic mass is 16.5. The smallest absolute Gasteiger partial charge is 0.0642 e. The van der Waals surface area contributed by atoms with Crippen molar-refractivity contribution in [2.45, 2.75) is 51.6 Å². The fraction of sp³-hybridized carbons (Fsp3) is 1.00. The van der Waals surface area contributed by atoms with Crippen LogP contribution in [0, 0.1) is 5.92 Å². The number of ether oxygens (including phenoxy) is 1. The molecule has 0 aromatic heterocycles. The molecule has 0 aromatic rings. The van der Waals surface area contributed by atoms with E-state index in [0.717, 1.165) is 12.5 Å². The summed E-state index contributed by atoms with van der Waals surface area (Å²) in [5, 5.41) is 12.4. The SMILES string of the molecule is CC(C)NC(CO)COCCC1CCC1. The van der Waals surface area contributed by atoms with E-state index in [2.05, 4.69) is 19.2 Å². The van der Waals surface area contributed by atoms with Crippen molar-refractivity contribution in [1.29, 1.82) is 0 Å². The fourth-order valence-corrected chi connectivity index (χ4v) is 1.88. The van der Waals surface area contributed by atoms with Crippen molar-refractivity contribution < 1.29 is 9.84 Å². The van der Waals surface area contributed by atoms with Gasteiger partial charge in [-0.2, -0.15) is 0 Å². The molecule has 1 unspecified atom stereocenters. The van der Waals surface area contributed by atoms with Crippen LogP contribution in [-0.4, -0.2) is 37.0 Å². The maximum absolute atomic E-state index is 9.10. The third-order valence-electron chi connectivity index (χ3n) is 3.00. The number of hydrogen-bond acceptors (Lipinski definition) is 3. The van der Waals surface area contributed by atoms with Gasteiger partial charge in [-0.1, -0.05) is 33.1 Å². The fourth-order valence-electron chi connectivity index (χ4n) is 1.88. The zero-order valence-electron chi connectivity index (χ0n) is 10.0. The van der Waals surface area contributed by atoms with Gasteiger partial charge in [0.15, 0.2) is 0 Å². The standard InChI is InChI=1S/C12H25NO2/c1-10(2)13-12(8-14)9-15-7-6-11-4-3-5-11/h10-14H,3-9H2,1-2H3. The topological polar surface area (TPSA) is 41.5 Å². The van der Waals surface area contributed by atoms with Crippen LogP contribution < -0.4 is 5.32 Å². The Balaban J connectivity index is 1.95. The summed E-state index contributed by atoms with van der Waals surface area (Å²) < 4.78 is 5.57. The molecular formula is C12H25NO2. The van der Waals surface area contributed by atoms with Gasteiger partial charge in [0, 0.05) is 12.6 Å². The van der Waals surface area contributed by atoms with E-state index in [1.54, 1.807) is 0 Å². The average Bonchev–Trinajstić information content (AvgIpc) is 2.12. The Morgan fingerprint density at radius 2 is 2.13 bits per heavy atom. The molecule has 0 heterocycles. The van der Waals surface area contributed by atoms with E-state index in [4.69, 9.17) is 9.84 Å². The van der Waals surface area contributed by atoms with Crippen LogP contribution in [0.3, 0.4) is 0 Å². The predicted octanol–water partition coefficient (Wildman–Crippen LogP) is 1.55. The highest BCUT2D eigenvalue weighted by Crippen LogP contribution is 2.29. The minimum absolute atomic E-state index is 0.0893. The van der Waals surface area contributed by atoms with Crippen LogP contribution in [0.25, 0.3) is 0 Å². The first kappa shape index (κ1) is 12.9. The summed E-state index contributed by atoms with van der Waals surface area (Å²) in [5.74, 6) is 0.913. The molecular weight excluding hydrogens is 190 g/mol. The highest BCUT2D eigenvalue weighted by molar-refractivity contribution is 4.70. The van der Waals surface area contributed by atoms with Crippen LogP contribution in [0.4, 0.5) is 0 Å². The summed E-state index contributed by atoms with van der Waals surface area (Å²) in [4.78, 5) is 0. The van der Waals surface area contributed by atoms with Crippen molar-refractivity contribution in [1.82, 2.24) is 5.32 Å². The van der Waals surface area contributed by atoms with E-state index in [0.29, 0.717) is 12.6 Å². The monoisotopic (exact) mass is 215 g/mol. The quantitative estimate of drug-likeness (QED) is 0.604. The van der Waals surface area contributed by atoms with E-state index in [1.165, 1.54) is 25.7 Å². The van der Waals surface area contributed by atoms with Crippen LogP contribution >= 0.6 is 0 Å². The molecule has 0 aliphatic heterocycles. The zero-order valence-corrected chi connectivity index (χ0v) is 10.0. The summed E-state index contributed by atoms with van der Waals surface area (Å²) in [7, 11) is 0. The van der Waals surface area contributed by atoms with Crippen molar-refractivity contribution in [3.8, 4) is 0 Å². The minimum Gasteiger partial charge on any atom is -0.395 e. The molecule has 3 heteroatoms. The van der Waals surface area contributed by atoms with Crippen LogP contribution in [0.2, 0.25) is 0 Å². The van der Waals surface area contributed by atoms with Crippen LogP contribution in [0.15, 0.2) is 0 Å². The Hall–Kier alpha value is -0.120. The van der Waals surface area contributed by atoms with Gasteiger partial charge in [0.05, 0.1) is 19.3 Å².